The van der Waals surface area contributed by atoms with Gasteiger partial charge in [0.05, 0.1) is 16.3 Å². The highest BCUT2D eigenvalue weighted by molar-refractivity contribution is 6.30. The van der Waals surface area contributed by atoms with Gasteiger partial charge in [0.1, 0.15) is 5.65 Å². The summed E-state index contributed by atoms with van der Waals surface area (Å²) in [5, 5.41) is 3.24. The Morgan fingerprint density at radius 1 is 1.11 bits per heavy atom. The van der Waals surface area contributed by atoms with Crippen molar-refractivity contribution in [3.63, 3.8) is 0 Å². The molecule has 0 saturated heterocycles. The first-order valence-corrected chi connectivity index (χ1v) is 11.1. The molecule has 6 nitrogen and oxygen atoms in total. The predicted octanol–water partition coefficient (Wildman–Crippen LogP) is 5.57. The minimum Gasteiger partial charge on any atom is -0.454 e. The zero-order chi connectivity index (χ0) is 24.6. The van der Waals surface area contributed by atoms with E-state index < -0.39 is 17.7 Å². The molecule has 2 aromatic heterocycles. The molecular weight excluding hydrogens is 483 g/mol. The van der Waals surface area contributed by atoms with Gasteiger partial charge in [0.15, 0.2) is 11.5 Å². The molecule has 0 fully saturated rings. The SMILES string of the molecule is O=C(CC(c1ccc2c(c1)OCO2)c1cnc2ccc(Cl)cn12)NCc1cccc(C(F)(F)F)c1. The second-order valence-corrected chi connectivity index (χ2v) is 8.54. The van der Waals surface area contributed by atoms with Gasteiger partial charge in [0.25, 0.3) is 0 Å². The van der Waals surface area contributed by atoms with Crippen LogP contribution in [0.1, 0.15) is 34.7 Å². The zero-order valence-electron chi connectivity index (χ0n) is 18.2. The molecule has 4 aromatic rings. The number of hydrogen-bond donors (Lipinski definition) is 1. The van der Waals surface area contributed by atoms with Crippen molar-refractivity contribution in [3.8, 4) is 11.5 Å². The van der Waals surface area contributed by atoms with E-state index in [4.69, 9.17) is 21.1 Å². The van der Waals surface area contributed by atoms with Crippen LogP contribution < -0.4 is 14.8 Å². The number of amides is 1. The molecule has 0 aliphatic carbocycles. The van der Waals surface area contributed by atoms with Gasteiger partial charge in [0, 0.05) is 31.3 Å². The average Bonchev–Trinajstić information content (AvgIpc) is 3.47. The van der Waals surface area contributed by atoms with Crippen molar-refractivity contribution < 1.29 is 27.4 Å². The number of nitrogens with zero attached hydrogens (tertiary/aromatic N) is 2. The lowest BCUT2D eigenvalue weighted by Crippen LogP contribution is -2.25. The van der Waals surface area contributed by atoms with Gasteiger partial charge in [-0.25, -0.2) is 4.98 Å². The van der Waals surface area contributed by atoms with Gasteiger partial charge in [-0.2, -0.15) is 13.2 Å². The molecule has 0 radical (unpaired) electrons. The van der Waals surface area contributed by atoms with Crippen molar-refractivity contribution in [2.24, 2.45) is 0 Å². The normalized spacial score (nSPS) is 13.7. The minimum absolute atomic E-state index is 0.0267. The zero-order valence-corrected chi connectivity index (χ0v) is 18.9. The molecular formula is C25H19ClF3N3O3. The van der Waals surface area contributed by atoms with E-state index in [1.807, 2.05) is 16.5 Å². The fourth-order valence-corrected chi connectivity index (χ4v) is 4.23. The van der Waals surface area contributed by atoms with Gasteiger partial charge in [-0.1, -0.05) is 29.8 Å². The molecule has 0 spiro atoms. The van der Waals surface area contributed by atoms with Crippen LogP contribution in [0.4, 0.5) is 13.2 Å². The van der Waals surface area contributed by atoms with E-state index in [9.17, 15) is 18.0 Å². The Morgan fingerprint density at radius 3 is 2.77 bits per heavy atom. The van der Waals surface area contributed by atoms with Crippen LogP contribution in [0.5, 0.6) is 11.5 Å². The van der Waals surface area contributed by atoms with Gasteiger partial charge in [-0.05, 0) is 47.5 Å². The maximum Gasteiger partial charge on any atom is 0.416 e. The standard InChI is InChI=1S/C25H19ClF3N3O3/c26-18-5-7-23-30-12-20(32(23)13-18)19(16-4-6-21-22(9-16)35-14-34-21)10-24(33)31-11-15-2-1-3-17(8-15)25(27,28)29/h1-9,12-13,19H,10-11,14H2,(H,31,33). The van der Waals surface area contributed by atoms with Crippen LogP contribution in [0, 0.1) is 0 Å². The van der Waals surface area contributed by atoms with Crippen molar-refractivity contribution in [1.29, 1.82) is 0 Å². The molecule has 1 aliphatic rings. The van der Waals surface area contributed by atoms with Crippen LogP contribution in [0.25, 0.3) is 5.65 Å². The summed E-state index contributed by atoms with van der Waals surface area (Å²) in [5.41, 5.74) is 1.79. The summed E-state index contributed by atoms with van der Waals surface area (Å²) in [7, 11) is 0. The number of benzene rings is 2. The van der Waals surface area contributed by atoms with Crippen LogP contribution in [0.3, 0.4) is 0 Å². The van der Waals surface area contributed by atoms with E-state index in [1.165, 1.54) is 12.1 Å². The molecule has 0 bridgehead atoms. The summed E-state index contributed by atoms with van der Waals surface area (Å²) in [6.07, 6.45) is -1.02. The number of fused-ring (bicyclic) bond motifs is 2. The predicted molar refractivity (Wildman–Crippen MR) is 123 cm³/mol. The quantitative estimate of drug-likeness (QED) is 0.375. The fourth-order valence-electron chi connectivity index (χ4n) is 4.07. The number of hydrogen-bond acceptors (Lipinski definition) is 4. The summed E-state index contributed by atoms with van der Waals surface area (Å²) in [4.78, 5) is 17.4. The number of pyridine rings is 1. The summed E-state index contributed by atoms with van der Waals surface area (Å²) in [6, 6.07) is 13.8. The van der Waals surface area contributed by atoms with Gasteiger partial charge in [-0.15, -0.1) is 0 Å². The van der Waals surface area contributed by atoms with E-state index in [2.05, 4.69) is 10.3 Å². The van der Waals surface area contributed by atoms with Crippen molar-refractivity contribution >= 4 is 23.2 Å². The van der Waals surface area contributed by atoms with Gasteiger partial charge < -0.3 is 19.2 Å². The topological polar surface area (TPSA) is 64.9 Å². The number of rotatable bonds is 6. The number of alkyl halides is 3. The third-order valence-corrected chi connectivity index (χ3v) is 6.01. The van der Waals surface area contributed by atoms with E-state index in [0.29, 0.717) is 27.7 Å². The summed E-state index contributed by atoms with van der Waals surface area (Å²) >= 11 is 6.20. The number of nitrogens with one attached hydrogen (secondary N) is 1. The van der Waals surface area contributed by atoms with Gasteiger partial charge in [-0.3, -0.25) is 4.79 Å². The highest BCUT2D eigenvalue weighted by Gasteiger charge is 2.30. The smallest absolute Gasteiger partial charge is 0.416 e. The fraction of sp³-hybridized carbons (Fsp3) is 0.200. The van der Waals surface area contributed by atoms with Crippen LogP contribution in [0.15, 0.2) is 67.0 Å². The average molecular weight is 502 g/mol. The Hall–Kier alpha value is -3.72. The van der Waals surface area contributed by atoms with Crippen LogP contribution in [0.2, 0.25) is 5.02 Å². The number of carbonyl (C=O) groups is 1. The molecule has 180 valence electrons. The third-order valence-electron chi connectivity index (χ3n) is 5.79. The highest BCUT2D eigenvalue weighted by atomic mass is 35.5. The molecule has 2 aromatic carbocycles. The van der Waals surface area contributed by atoms with E-state index >= 15 is 0 Å². The number of carbonyl (C=O) groups excluding carboxylic acids is 1. The molecule has 35 heavy (non-hydrogen) atoms. The molecule has 10 heteroatoms. The van der Waals surface area contributed by atoms with E-state index in [1.54, 1.807) is 30.6 Å². The third kappa shape index (κ3) is 4.90. The number of halogens is 4. The Labute approximate surface area is 203 Å². The Bertz CT molecular complexity index is 1400. The van der Waals surface area contributed by atoms with Gasteiger partial charge in [0.2, 0.25) is 12.7 Å². The second kappa shape index (κ2) is 9.14. The maximum atomic E-state index is 13.0. The minimum atomic E-state index is -4.45. The summed E-state index contributed by atoms with van der Waals surface area (Å²) in [5.74, 6) is 0.424. The largest absolute Gasteiger partial charge is 0.454 e. The molecule has 1 atom stereocenters. The Kier molecular flexibility index (Phi) is 6.02. The van der Waals surface area contributed by atoms with Crippen LogP contribution in [-0.4, -0.2) is 22.1 Å². The number of aromatic nitrogens is 2. The lowest BCUT2D eigenvalue weighted by Gasteiger charge is -2.18. The molecule has 5 rings (SSSR count). The lowest BCUT2D eigenvalue weighted by atomic mass is 9.92. The Morgan fingerprint density at radius 2 is 1.94 bits per heavy atom. The highest BCUT2D eigenvalue weighted by Crippen LogP contribution is 2.38. The van der Waals surface area contributed by atoms with E-state index in [0.717, 1.165) is 23.4 Å². The first-order valence-electron chi connectivity index (χ1n) is 10.7. The number of imidazole rings is 1. The van der Waals surface area contributed by atoms with Crippen molar-refractivity contribution in [3.05, 3.63) is 94.4 Å². The maximum absolute atomic E-state index is 13.0. The molecule has 1 amide bonds. The van der Waals surface area contributed by atoms with Crippen molar-refractivity contribution in [2.75, 3.05) is 6.79 Å². The first kappa shape index (κ1) is 23.0. The first-order chi connectivity index (χ1) is 16.8. The Balaban J connectivity index is 1.41. The van der Waals surface area contributed by atoms with Crippen molar-refractivity contribution in [2.45, 2.75) is 25.1 Å². The molecule has 1 unspecified atom stereocenters. The summed E-state index contributed by atoms with van der Waals surface area (Å²) in [6.45, 7) is 0.0851. The second-order valence-electron chi connectivity index (χ2n) is 8.10. The van der Waals surface area contributed by atoms with E-state index in [-0.39, 0.29) is 25.7 Å². The molecule has 3 heterocycles. The lowest BCUT2D eigenvalue weighted by molar-refractivity contribution is -0.137. The van der Waals surface area contributed by atoms with Crippen LogP contribution >= 0.6 is 11.6 Å². The molecule has 1 N–H and O–H groups in total. The summed E-state index contributed by atoms with van der Waals surface area (Å²) < 4.78 is 51.7. The number of ether oxygens (including phenoxy) is 2. The molecule has 1 aliphatic heterocycles. The van der Waals surface area contributed by atoms with Crippen LogP contribution in [-0.2, 0) is 17.5 Å². The van der Waals surface area contributed by atoms with Gasteiger partial charge >= 0.3 is 6.18 Å². The van der Waals surface area contributed by atoms with Crippen molar-refractivity contribution in [1.82, 2.24) is 14.7 Å². The monoisotopic (exact) mass is 501 g/mol. The molecule has 0 saturated carbocycles.